The lowest BCUT2D eigenvalue weighted by molar-refractivity contribution is -0.0153. The Kier molecular flexibility index (Phi) is 6.49. The number of fused-ring (bicyclic) bond motifs is 1. The average molecular weight is 486 g/mol. The number of hydrogen-bond donors (Lipinski definition) is 1. The van der Waals surface area contributed by atoms with E-state index < -0.39 is 5.60 Å². The molecule has 1 saturated heterocycles. The summed E-state index contributed by atoms with van der Waals surface area (Å²) in [6.45, 7) is 6.30. The molecule has 0 radical (unpaired) electrons. The number of amides is 1. The van der Waals surface area contributed by atoms with Crippen LogP contribution in [0.2, 0.25) is 0 Å². The lowest BCUT2D eigenvalue weighted by atomic mass is 9.81. The van der Waals surface area contributed by atoms with Crippen LogP contribution in [0.25, 0.3) is 11.1 Å². The van der Waals surface area contributed by atoms with Gasteiger partial charge in [0.2, 0.25) is 5.88 Å². The van der Waals surface area contributed by atoms with Gasteiger partial charge in [-0.1, -0.05) is 18.2 Å². The van der Waals surface area contributed by atoms with Gasteiger partial charge in [-0.25, -0.2) is 4.98 Å². The minimum absolute atomic E-state index is 0.122. The van der Waals surface area contributed by atoms with Crippen molar-refractivity contribution in [3.8, 4) is 22.8 Å². The minimum Gasteiger partial charge on any atom is -0.486 e. The third-order valence-corrected chi connectivity index (χ3v) is 7.19. The number of carbonyl (C=O) groups excluding carboxylic acids is 2. The molecule has 0 unspecified atom stereocenters. The highest BCUT2D eigenvalue weighted by Gasteiger charge is 2.43. The van der Waals surface area contributed by atoms with Crippen molar-refractivity contribution in [1.29, 1.82) is 0 Å². The number of nitrogens with one attached hydrogen (secondary N) is 1. The van der Waals surface area contributed by atoms with Gasteiger partial charge in [0, 0.05) is 43.6 Å². The van der Waals surface area contributed by atoms with Crippen LogP contribution in [0.4, 0.5) is 5.69 Å². The van der Waals surface area contributed by atoms with Crippen LogP contribution in [-0.2, 0) is 0 Å². The maximum absolute atomic E-state index is 13.2. The molecule has 5 rings (SSSR count). The summed E-state index contributed by atoms with van der Waals surface area (Å²) in [5.74, 6) is 1.02. The van der Waals surface area contributed by atoms with E-state index in [4.69, 9.17) is 9.47 Å². The van der Waals surface area contributed by atoms with Crippen LogP contribution in [0.5, 0.6) is 11.6 Å². The summed E-state index contributed by atoms with van der Waals surface area (Å²) in [5, 5.41) is 2.85. The minimum atomic E-state index is -0.398. The fourth-order valence-electron chi connectivity index (χ4n) is 5.02. The highest BCUT2D eigenvalue weighted by molar-refractivity contribution is 6.05. The van der Waals surface area contributed by atoms with Gasteiger partial charge in [-0.05, 0) is 55.3 Å². The van der Waals surface area contributed by atoms with E-state index in [0.717, 1.165) is 37.1 Å². The third-order valence-electron chi connectivity index (χ3n) is 7.19. The normalized spacial score (nSPS) is 16.9. The summed E-state index contributed by atoms with van der Waals surface area (Å²) in [6.07, 6.45) is 3.68. The first kappa shape index (κ1) is 24.0. The predicted octanol–water partition coefficient (Wildman–Crippen LogP) is 5.22. The smallest absolute Gasteiger partial charge is 0.255 e. The number of anilines is 1. The number of methoxy groups -OCH3 is 1. The highest BCUT2D eigenvalue weighted by atomic mass is 16.5. The maximum atomic E-state index is 13.2. The Morgan fingerprint density at radius 3 is 2.56 bits per heavy atom. The Labute approximate surface area is 211 Å². The average Bonchev–Trinajstić information content (AvgIpc) is 2.89. The van der Waals surface area contributed by atoms with E-state index in [2.05, 4.69) is 29.0 Å². The molecule has 0 aliphatic carbocycles. The van der Waals surface area contributed by atoms with Crippen LogP contribution in [0.15, 0.2) is 60.8 Å². The molecule has 1 N–H and O–H groups in total. The quantitative estimate of drug-likeness (QED) is 0.534. The molecule has 7 heteroatoms. The predicted molar refractivity (Wildman–Crippen MR) is 139 cm³/mol. The summed E-state index contributed by atoms with van der Waals surface area (Å²) >= 11 is 0. The first-order valence-electron chi connectivity index (χ1n) is 12.4. The van der Waals surface area contributed by atoms with Crippen molar-refractivity contribution in [1.82, 2.24) is 9.88 Å². The Hall–Kier alpha value is -3.71. The summed E-state index contributed by atoms with van der Waals surface area (Å²) in [7, 11) is 1.54. The van der Waals surface area contributed by atoms with E-state index in [0.29, 0.717) is 40.9 Å². The molecule has 2 aliphatic rings. The molecule has 2 aliphatic heterocycles. The van der Waals surface area contributed by atoms with Gasteiger partial charge in [-0.15, -0.1) is 0 Å². The molecule has 186 valence electrons. The number of aromatic nitrogens is 1. The molecule has 0 saturated carbocycles. The van der Waals surface area contributed by atoms with Gasteiger partial charge in [-0.2, -0.15) is 0 Å². The standard InChI is InChI=1S/C29H31N3O4/c1-19(2)32-13-11-29(12-14-32)17-25(33)24-16-21(7-9-26(24)36-29)20-5-4-6-22(15-20)28(34)31-23-8-10-27(35-3)30-18-23/h4-10,15-16,18-19H,11-14,17H2,1-3H3,(H,31,34). The highest BCUT2D eigenvalue weighted by Crippen LogP contribution is 2.41. The first-order valence-corrected chi connectivity index (χ1v) is 12.4. The molecule has 1 spiro atoms. The SMILES string of the molecule is COc1ccc(NC(=O)c2cccc(-c3ccc4c(c3)C(=O)CC3(CCN(C(C)C)CC3)O4)c2)cn1. The molecule has 7 nitrogen and oxygen atoms in total. The number of benzene rings is 2. The van der Waals surface area contributed by atoms with Crippen LogP contribution < -0.4 is 14.8 Å². The topological polar surface area (TPSA) is 80.8 Å². The zero-order valence-corrected chi connectivity index (χ0v) is 20.9. The van der Waals surface area contributed by atoms with Crippen molar-refractivity contribution in [2.75, 3.05) is 25.5 Å². The second kappa shape index (κ2) is 9.74. The van der Waals surface area contributed by atoms with E-state index in [1.54, 1.807) is 31.5 Å². The number of Topliss-reactive ketones (excluding diaryl/α,β-unsaturated/α-hetero) is 1. The number of pyridine rings is 1. The van der Waals surface area contributed by atoms with Gasteiger partial charge in [-0.3, -0.25) is 9.59 Å². The summed E-state index contributed by atoms with van der Waals surface area (Å²) in [6, 6.07) is 17.0. The first-order chi connectivity index (χ1) is 17.4. The Balaban J connectivity index is 1.33. The molecular formula is C29H31N3O4. The zero-order chi connectivity index (χ0) is 25.3. The number of carbonyl (C=O) groups is 2. The lowest BCUT2D eigenvalue weighted by Gasteiger charge is -2.45. The molecule has 3 heterocycles. The van der Waals surface area contributed by atoms with Gasteiger partial charge in [0.15, 0.2) is 5.78 Å². The fourth-order valence-corrected chi connectivity index (χ4v) is 5.02. The molecule has 3 aromatic rings. The molecule has 1 aromatic heterocycles. The zero-order valence-electron chi connectivity index (χ0n) is 20.9. The van der Waals surface area contributed by atoms with E-state index in [1.807, 2.05) is 36.4 Å². The fraction of sp³-hybridized carbons (Fsp3) is 0.345. The van der Waals surface area contributed by atoms with E-state index in [1.165, 1.54) is 0 Å². The Morgan fingerprint density at radius 1 is 1.08 bits per heavy atom. The maximum Gasteiger partial charge on any atom is 0.255 e. The Bertz CT molecular complexity index is 1280. The van der Waals surface area contributed by atoms with Crippen molar-refractivity contribution in [3.63, 3.8) is 0 Å². The van der Waals surface area contributed by atoms with Gasteiger partial charge >= 0.3 is 0 Å². The number of hydrogen-bond acceptors (Lipinski definition) is 6. The van der Waals surface area contributed by atoms with Gasteiger partial charge in [0.05, 0.1) is 31.0 Å². The third kappa shape index (κ3) is 4.84. The molecule has 0 atom stereocenters. The van der Waals surface area contributed by atoms with Crippen molar-refractivity contribution in [3.05, 3.63) is 71.9 Å². The lowest BCUT2D eigenvalue weighted by Crippen LogP contribution is -2.52. The molecule has 1 amide bonds. The van der Waals surface area contributed by atoms with Crippen molar-refractivity contribution >= 4 is 17.4 Å². The van der Waals surface area contributed by atoms with Crippen LogP contribution >= 0.6 is 0 Å². The molecular weight excluding hydrogens is 454 g/mol. The van der Waals surface area contributed by atoms with Crippen molar-refractivity contribution in [2.45, 2.75) is 44.8 Å². The summed E-state index contributed by atoms with van der Waals surface area (Å²) < 4.78 is 11.5. The second-order valence-electron chi connectivity index (χ2n) is 9.85. The number of ether oxygens (including phenoxy) is 2. The summed E-state index contributed by atoms with van der Waals surface area (Å²) in [5.41, 5.74) is 3.04. The van der Waals surface area contributed by atoms with Crippen LogP contribution in [0, 0.1) is 0 Å². The second-order valence-corrected chi connectivity index (χ2v) is 9.85. The van der Waals surface area contributed by atoms with Gasteiger partial charge in [0.1, 0.15) is 11.4 Å². The molecule has 36 heavy (non-hydrogen) atoms. The largest absolute Gasteiger partial charge is 0.486 e. The van der Waals surface area contributed by atoms with Crippen LogP contribution in [-0.4, -0.2) is 53.4 Å². The number of likely N-dealkylation sites (tertiary alicyclic amines) is 1. The number of ketones is 1. The monoisotopic (exact) mass is 485 g/mol. The molecule has 0 bridgehead atoms. The molecule has 1 fully saturated rings. The van der Waals surface area contributed by atoms with E-state index >= 15 is 0 Å². The Morgan fingerprint density at radius 2 is 1.86 bits per heavy atom. The van der Waals surface area contributed by atoms with Crippen LogP contribution in [0.1, 0.15) is 53.8 Å². The number of nitrogens with zero attached hydrogens (tertiary/aromatic N) is 2. The number of piperidine rings is 1. The van der Waals surface area contributed by atoms with Crippen molar-refractivity contribution < 1.29 is 19.1 Å². The van der Waals surface area contributed by atoms with E-state index in [9.17, 15) is 9.59 Å². The van der Waals surface area contributed by atoms with Gasteiger partial charge in [0.25, 0.3) is 5.91 Å². The van der Waals surface area contributed by atoms with E-state index in [-0.39, 0.29) is 11.7 Å². The summed E-state index contributed by atoms with van der Waals surface area (Å²) in [4.78, 5) is 32.6. The number of rotatable bonds is 5. The van der Waals surface area contributed by atoms with Crippen molar-refractivity contribution in [2.24, 2.45) is 0 Å². The van der Waals surface area contributed by atoms with Crippen LogP contribution in [0.3, 0.4) is 0 Å². The van der Waals surface area contributed by atoms with Gasteiger partial charge < -0.3 is 19.7 Å². The molecule has 2 aromatic carbocycles.